The van der Waals surface area contributed by atoms with Gasteiger partial charge in [-0.15, -0.1) is 11.8 Å². The Morgan fingerprint density at radius 1 is 1.00 bits per heavy atom. The zero-order chi connectivity index (χ0) is 23.2. The monoisotopic (exact) mass is 461 g/mol. The summed E-state index contributed by atoms with van der Waals surface area (Å²) in [5.74, 6) is 0.246. The molecule has 2 N–H and O–H groups in total. The highest BCUT2D eigenvalue weighted by Gasteiger charge is 2.26. The fourth-order valence-corrected chi connectivity index (χ4v) is 4.41. The van der Waals surface area contributed by atoms with Gasteiger partial charge >= 0.3 is 5.97 Å². The van der Waals surface area contributed by atoms with E-state index < -0.39 is 5.97 Å². The summed E-state index contributed by atoms with van der Waals surface area (Å²) in [7, 11) is 0. The van der Waals surface area contributed by atoms with Crippen LogP contribution >= 0.6 is 11.8 Å². The summed E-state index contributed by atoms with van der Waals surface area (Å²) in [6.45, 7) is 1.95. The number of aromatic hydroxyl groups is 1. The molecule has 0 saturated heterocycles. The number of thioether (sulfide) groups is 1. The third-order valence-electron chi connectivity index (χ3n) is 4.99. The zero-order valence-corrected chi connectivity index (χ0v) is 18.9. The molecular formula is C26H23NO5S. The fraction of sp³-hybridized carbons (Fsp3) is 0.154. The van der Waals surface area contributed by atoms with E-state index in [1.165, 1.54) is 17.8 Å². The molecule has 0 bridgehead atoms. The maximum Gasteiger partial charge on any atom is 0.342 e. The molecule has 7 heteroatoms. The summed E-state index contributed by atoms with van der Waals surface area (Å²) < 4.78 is 11.4. The quantitative estimate of drug-likeness (QED) is 0.320. The van der Waals surface area contributed by atoms with Crippen molar-refractivity contribution >= 4 is 40.3 Å². The highest BCUT2D eigenvalue weighted by Crippen LogP contribution is 2.40. The number of para-hydroxylation sites is 1. The Morgan fingerprint density at radius 2 is 1.70 bits per heavy atom. The molecule has 3 aromatic carbocycles. The summed E-state index contributed by atoms with van der Waals surface area (Å²) in [6, 6.07) is 21.7. The van der Waals surface area contributed by atoms with Crippen LogP contribution in [0.4, 0.5) is 5.69 Å². The molecule has 1 amide bonds. The number of furan rings is 1. The number of esters is 1. The topological polar surface area (TPSA) is 88.8 Å². The zero-order valence-electron chi connectivity index (χ0n) is 18.0. The largest absolute Gasteiger partial charge is 0.508 e. The Labute approximate surface area is 195 Å². The van der Waals surface area contributed by atoms with E-state index in [1.54, 1.807) is 13.0 Å². The first-order valence-electron chi connectivity index (χ1n) is 10.5. The second kappa shape index (κ2) is 10.3. The molecule has 0 fully saturated rings. The van der Waals surface area contributed by atoms with Gasteiger partial charge in [-0.3, -0.25) is 4.79 Å². The van der Waals surface area contributed by atoms with E-state index in [0.717, 1.165) is 11.3 Å². The lowest BCUT2D eigenvalue weighted by atomic mass is 10.0. The molecule has 0 aliphatic rings. The molecule has 0 aliphatic carbocycles. The van der Waals surface area contributed by atoms with Crippen molar-refractivity contribution in [3.8, 4) is 17.1 Å². The van der Waals surface area contributed by atoms with E-state index in [0.29, 0.717) is 28.0 Å². The van der Waals surface area contributed by atoms with Crippen LogP contribution in [-0.2, 0) is 15.3 Å². The smallest absolute Gasteiger partial charge is 0.342 e. The molecule has 33 heavy (non-hydrogen) atoms. The van der Waals surface area contributed by atoms with Crippen molar-refractivity contribution in [1.29, 1.82) is 0 Å². The van der Waals surface area contributed by atoms with Crippen LogP contribution in [0.15, 0.2) is 77.2 Å². The second-order valence-corrected chi connectivity index (χ2v) is 8.22. The van der Waals surface area contributed by atoms with E-state index in [2.05, 4.69) is 5.32 Å². The lowest BCUT2D eigenvalue weighted by Crippen LogP contribution is -2.14. The molecule has 0 atom stereocenters. The Balaban J connectivity index is 1.65. The summed E-state index contributed by atoms with van der Waals surface area (Å²) in [6.07, 6.45) is 0. The van der Waals surface area contributed by atoms with Gasteiger partial charge in [0.05, 0.1) is 12.4 Å². The van der Waals surface area contributed by atoms with Crippen molar-refractivity contribution in [1.82, 2.24) is 0 Å². The third-order valence-corrected chi connectivity index (χ3v) is 5.95. The Hall–Kier alpha value is -3.71. The van der Waals surface area contributed by atoms with Gasteiger partial charge in [0.25, 0.3) is 0 Å². The molecule has 0 spiro atoms. The number of fused-ring (bicyclic) bond motifs is 1. The highest BCUT2D eigenvalue weighted by molar-refractivity contribution is 7.99. The number of anilines is 1. The minimum atomic E-state index is -0.520. The van der Waals surface area contributed by atoms with Gasteiger partial charge in [-0.2, -0.15) is 0 Å². The maximum absolute atomic E-state index is 12.9. The van der Waals surface area contributed by atoms with Gasteiger partial charge in [0.15, 0.2) is 0 Å². The fourth-order valence-electron chi connectivity index (χ4n) is 3.55. The molecular weight excluding hydrogens is 438 g/mol. The maximum atomic E-state index is 12.9. The standard InChI is InChI=1S/C26H23NO5S/c1-2-31-26(30)24-23-19(15-33-16-22(29)27-18-11-7-4-8-12-18)20(28)13-14-21(23)32-25(24)17-9-5-3-6-10-17/h3-14,28H,2,15-16H2,1H3,(H,27,29). The SMILES string of the molecule is CCOC(=O)c1c(-c2ccccc2)oc2ccc(O)c(CSCC(=O)Nc3ccccc3)c12. The van der Waals surface area contributed by atoms with Gasteiger partial charge in [0.2, 0.25) is 5.91 Å². The molecule has 168 valence electrons. The average molecular weight is 462 g/mol. The highest BCUT2D eigenvalue weighted by atomic mass is 32.2. The molecule has 6 nitrogen and oxygen atoms in total. The number of hydrogen-bond donors (Lipinski definition) is 2. The molecule has 0 saturated carbocycles. The third kappa shape index (κ3) is 5.04. The number of hydrogen-bond acceptors (Lipinski definition) is 6. The predicted molar refractivity (Wildman–Crippen MR) is 131 cm³/mol. The van der Waals surface area contributed by atoms with Crippen LogP contribution in [0.25, 0.3) is 22.3 Å². The number of phenolic OH excluding ortho intramolecular Hbond substituents is 1. The van der Waals surface area contributed by atoms with Crippen LogP contribution < -0.4 is 5.32 Å². The number of nitrogens with one attached hydrogen (secondary N) is 1. The van der Waals surface area contributed by atoms with Crippen molar-refractivity contribution in [2.75, 3.05) is 17.7 Å². The van der Waals surface area contributed by atoms with Gasteiger partial charge in [0.1, 0.15) is 22.7 Å². The van der Waals surface area contributed by atoms with E-state index in [-0.39, 0.29) is 29.6 Å². The number of rotatable bonds is 8. The summed E-state index contributed by atoms with van der Waals surface area (Å²) >= 11 is 1.34. The number of carbonyl (C=O) groups is 2. The number of phenols is 1. The van der Waals surface area contributed by atoms with Crippen LogP contribution in [-0.4, -0.2) is 29.3 Å². The van der Waals surface area contributed by atoms with E-state index in [4.69, 9.17) is 9.15 Å². The van der Waals surface area contributed by atoms with Crippen molar-refractivity contribution < 1.29 is 23.8 Å². The van der Waals surface area contributed by atoms with E-state index in [9.17, 15) is 14.7 Å². The van der Waals surface area contributed by atoms with Crippen molar-refractivity contribution in [2.24, 2.45) is 0 Å². The van der Waals surface area contributed by atoms with Crippen LogP contribution in [0, 0.1) is 0 Å². The molecule has 0 aliphatic heterocycles. The predicted octanol–water partition coefficient (Wildman–Crippen LogP) is 5.85. The molecule has 4 rings (SSSR count). The van der Waals surface area contributed by atoms with Gasteiger partial charge in [0, 0.05) is 28.0 Å². The van der Waals surface area contributed by atoms with Gasteiger partial charge in [-0.25, -0.2) is 4.79 Å². The second-order valence-electron chi connectivity index (χ2n) is 7.24. The van der Waals surface area contributed by atoms with Crippen LogP contribution in [0.3, 0.4) is 0 Å². The van der Waals surface area contributed by atoms with Crippen LogP contribution in [0.1, 0.15) is 22.8 Å². The number of carbonyl (C=O) groups excluding carboxylic acids is 2. The Kier molecular flexibility index (Phi) is 7.00. The molecule has 0 radical (unpaired) electrons. The van der Waals surface area contributed by atoms with Gasteiger partial charge in [-0.1, -0.05) is 48.5 Å². The van der Waals surface area contributed by atoms with E-state index >= 15 is 0 Å². The van der Waals surface area contributed by atoms with E-state index in [1.807, 2.05) is 60.7 Å². The minimum absolute atomic E-state index is 0.0319. The van der Waals surface area contributed by atoms with Crippen molar-refractivity contribution in [3.63, 3.8) is 0 Å². The van der Waals surface area contributed by atoms with Crippen molar-refractivity contribution in [3.05, 3.63) is 83.9 Å². The van der Waals surface area contributed by atoms with Gasteiger partial charge in [-0.05, 0) is 31.2 Å². The normalized spacial score (nSPS) is 10.8. The summed E-state index contributed by atoms with van der Waals surface area (Å²) in [5, 5.41) is 14.0. The number of ether oxygens (including phenoxy) is 1. The first kappa shape index (κ1) is 22.5. The van der Waals surface area contributed by atoms with Gasteiger partial charge < -0.3 is 19.6 Å². The van der Waals surface area contributed by atoms with Crippen LogP contribution in [0.5, 0.6) is 5.75 Å². The number of amides is 1. The molecule has 1 aromatic heterocycles. The molecule has 4 aromatic rings. The molecule has 1 heterocycles. The first-order valence-corrected chi connectivity index (χ1v) is 11.7. The molecule has 0 unspecified atom stereocenters. The lowest BCUT2D eigenvalue weighted by Gasteiger charge is -2.09. The van der Waals surface area contributed by atoms with Crippen molar-refractivity contribution in [2.45, 2.75) is 12.7 Å². The van der Waals surface area contributed by atoms with Crippen LogP contribution in [0.2, 0.25) is 0 Å². The Bertz CT molecular complexity index is 1270. The summed E-state index contributed by atoms with van der Waals surface area (Å²) in [4.78, 5) is 25.2. The lowest BCUT2D eigenvalue weighted by molar-refractivity contribution is -0.113. The summed E-state index contributed by atoms with van der Waals surface area (Å²) in [5.41, 5.74) is 2.73. The first-order chi connectivity index (χ1) is 16.1. The Morgan fingerprint density at radius 3 is 2.39 bits per heavy atom. The average Bonchev–Trinajstić information content (AvgIpc) is 3.22. The minimum Gasteiger partial charge on any atom is -0.508 e. The number of benzene rings is 3.